The lowest BCUT2D eigenvalue weighted by Gasteiger charge is -2.22. The first kappa shape index (κ1) is 19.7. The van der Waals surface area contributed by atoms with Crippen LogP contribution >= 0.6 is 0 Å². The molecule has 0 aromatic heterocycles. The second-order valence-corrected chi connectivity index (χ2v) is 7.42. The zero-order chi connectivity index (χ0) is 21.3. The van der Waals surface area contributed by atoms with E-state index >= 15 is 0 Å². The number of amides is 4. The number of hydrogen-bond acceptors (Lipinski definition) is 5. The molecule has 30 heavy (non-hydrogen) atoms. The highest BCUT2D eigenvalue weighted by molar-refractivity contribution is 6.08. The number of benzene rings is 2. The van der Waals surface area contributed by atoms with E-state index < -0.39 is 29.9 Å². The molecule has 8 nitrogen and oxygen atoms in total. The number of rotatable bonds is 6. The highest BCUT2D eigenvalue weighted by Gasteiger charge is 2.48. The molecule has 2 N–H and O–H groups in total. The molecule has 4 amide bonds. The van der Waals surface area contributed by atoms with Crippen molar-refractivity contribution in [2.75, 3.05) is 13.3 Å². The number of halogens is 1. The molecular formula is C21H20FN3O5. The Balaban J connectivity index is 1.38. The molecule has 2 heterocycles. The molecule has 4 rings (SSSR count). The van der Waals surface area contributed by atoms with Gasteiger partial charge in [-0.3, -0.25) is 14.5 Å². The number of imide groups is 1. The van der Waals surface area contributed by atoms with Crippen LogP contribution in [0.4, 0.5) is 9.18 Å². The highest BCUT2D eigenvalue weighted by Crippen LogP contribution is 2.34. The third-order valence-electron chi connectivity index (χ3n) is 5.04. The van der Waals surface area contributed by atoms with E-state index in [9.17, 15) is 18.8 Å². The van der Waals surface area contributed by atoms with E-state index in [2.05, 4.69) is 10.6 Å². The number of ether oxygens (including phenoxy) is 2. The lowest BCUT2D eigenvalue weighted by Crippen LogP contribution is -2.46. The Morgan fingerprint density at radius 2 is 1.83 bits per heavy atom. The molecule has 0 radical (unpaired) electrons. The van der Waals surface area contributed by atoms with Crippen LogP contribution in [-0.2, 0) is 22.6 Å². The summed E-state index contributed by atoms with van der Waals surface area (Å²) in [5.74, 6) is -0.126. The van der Waals surface area contributed by atoms with Gasteiger partial charge in [0.25, 0.3) is 5.91 Å². The third-order valence-corrected chi connectivity index (χ3v) is 5.04. The first-order valence-electron chi connectivity index (χ1n) is 9.38. The van der Waals surface area contributed by atoms with Crippen LogP contribution in [0.2, 0.25) is 0 Å². The Bertz CT molecular complexity index is 1010. The van der Waals surface area contributed by atoms with Gasteiger partial charge in [-0.25, -0.2) is 9.18 Å². The SMILES string of the molecule is CC1(Cc2ccc3c(c2)OCO3)NC(=O)N(CC(=O)NCc2ccc(F)cc2)C1=O. The predicted molar refractivity (Wildman–Crippen MR) is 103 cm³/mol. The number of nitrogens with zero attached hydrogens (tertiary/aromatic N) is 1. The summed E-state index contributed by atoms with van der Waals surface area (Å²) in [4.78, 5) is 38.4. The van der Waals surface area contributed by atoms with Crippen molar-refractivity contribution < 1.29 is 28.2 Å². The molecule has 0 spiro atoms. The fraction of sp³-hybridized carbons (Fsp3) is 0.286. The molecular weight excluding hydrogens is 393 g/mol. The summed E-state index contributed by atoms with van der Waals surface area (Å²) in [7, 11) is 0. The van der Waals surface area contributed by atoms with Crippen LogP contribution in [0, 0.1) is 5.82 Å². The number of nitrogens with one attached hydrogen (secondary N) is 2. The number of hydrogen-bond donors (Lipinski definition) is 2. The Kier molecular flexibility index (Phi) is 5.03. The molecule has 2 aromatic carbocycles. The first-order valence-corrected chi connectivity index (χ1v) is 9.38. The lowest BCUT2D eigenvalue weighted by atomic mass is 9.92. The number of carbonyl (C=O) groups excluding carboxylic acids is 3. The molecule has 156 valence electrons. The van der Waals surface area contributed by atoms with Crippen molar-refractivity contribution in [3.8, 4) is 11.5 Å². The molecule has 2 aromatic rings. The summed E-state index contributed by atoms with van der Waals surface area (Å²) in [5, 5.41) is 5.30. The van der Waals surface area contributed by atoms with Gasteiger partial charge in [-0.15, -0.1) is 0 Å². The minimum absolute atomic E-state index is 0.145. The average Bonchev–Trinajstić information content (AvgIpc) is 3.25. The van der Waals surface area contributed by atoms with E-state index in [1.54, 1.807) is 37.3 Å². The van der Waals surface area contributed by atoms with Crippen molar-refractivity contribution in [2.45, 2.75) is 25.4 Å². The van der Waals surface area contributed by atoms with Gasteiger partial charge in [-0.1, -0.05) is 18.2 Å². The quantitative estimate of drug-likeness (QED) is 0.703. The molecule has 2 aliphatic heterocycles. The Labute approximate surface area is 171 Å². The monoisotopic (exact) mass is 413 g/mol. The Morgan fingerprint density at radius 1 is 1.13 bits per heavy atom. The van der Waals surface area contributed by atoms with Crippen LogP contribution < -0.4 is 20.1 Å². The topological polar surface area (TPSA) is 97.0 Å². The molecule has 1 unspecified atom stereocenters. The van der Waals surface area contributed by atoms with Crippen LogP contribution in [0.15, 0.2) is 42.5 Å². The van der Waals surface area contributed by atoms with E-state index in [0.717, 1.165) is 10.5 Å². The first-order chi connectivity index (χ1) is 14.3. The van der Waals surface area contributed by atoms with Gasteiger partial charge in [-0.05, 0) is 42.3 Å². The van der Waals surface area contributed by atoms with E-state index in [1.165, 1.54) is 12.1 Å². The Morgan fingerprint density at radius 3 is 2.60 bits per heavy atom. The summed E-state index contributed by atoms with van der Waals surface area (Å²) in [6.07, 6.45) is 0.238. The molecule has 1 saturated heterocycles. The maximum atomic E-state index is 12.9. The summed E-state index contributed by atoms with van der Waals surface area (Å²) in [5.41, 5.74) is 0.315. The molecule has 1 fully saturated rings. The van der Waals surface area contributed by atoms with Crippen LogP contribution in [0.3, 0.4) is 0 Å². The maximum absolute atomic E-state index is 12.9. The minimum atomic E-state index is -1.18. The summed E-state index contributed by atoms with van der Waals surface area (Å²) >= 11 is 0. The molecule has 9 heteroatoms. The highest BCUT2D eigenvalue weighted by atomic mass is 19.1. The number of fused-ring (bicyclic) bond motifs is 1. The van der Waals surface area contributed by atoms with E-state index in [4.69, 9.17) is 9.47 Å². The van der Waals surface area contributed by atoms with Crippen LogP contribution in [-0.4, -0.2) is 41.6 Å². The molecule has 0 aliphatic carbocycles. The van der Waals surface area contributed by atoms with Crippen molar-refractivity contribution in [1.82, 2.24) is 15.5 Å². The predicted octanol–water partition coefficient (Wildman–Crippen LogP) is 1.72. The van der Waals surface area contributed by atoms with Gasteiger partial charge in [0.15, 0.2) is 11.5 Å². The molecule has 0 saturated carbocycles. The van der Waals surface area contributed by atoms with Gasteiger partial charge in [0.1, 0.15) is 17.9 Å². The summed E-state index contributed by atoms with van der Waals surface area (Å²) < 4.78 is 23.6. The van der Waals surface area contributed by atoms with E-state index in [1.807, 2.05) is 0 Å². The summed E-state index contributed by atoms with van der Waals surface area (Å²) in [6, 6.07) is 10.4. The van der Waals surface area contributed by atoms with Gasteiger partial charge < -0.3 is 20.1 Å². The fourth-order valence-corrected chi connectivity index (χ4v) is 3.47. The van der Waals surface area contributed by atoms with E-state index in [-0.39, 0.29) is 25.6 Å². The van der Waals surface area contributed by atoms with Gasteiger partial charge in [0, 0.05) is 13.0 Å². The van der Waals surface area contributed by atoms with Crippen molar-refractivity contribution in [2.24, 2.45) is 0 Å². The smallest absolute Gasteiger partial charge is 0.325 e. The van der Waals surface area contributed by atoms with Crippen LogP contribution in [0.1, 0.15) is 18.1 Å². The largest absolute Gasteiger partial charge is 0.454 e. The van der Waals surface area contributed by atoms with Gasteiger partial charge >= 0.3 is 6.03 Å². The fourth-order valence-electron chi connectivity index (χ4n) is 3.47. The average molecular weight is 413 g/mol. The lowest BCUT2D eigenvalue weighted by molar-refractivity contribution is -0.134. The van der Waals surface area contributed by atoms with Gasteiger partial charge in [-0.2, -0.15) is 0 Å². The second kappa shape index (κ2) is 7.66. The van der Waals surface area contributed by atoms with Crippen molar-refractivity contribution in [3.63, 3.8) is 0 Å². The second-order valence-electron chi connectivity index (χ2n) is 7.42. The van der Waals surface area contributed by atoms with Crippen molar-refractivity contribution >= 4 is 17.8 Å². The molecule has 2 aliphatic rings. The zero-order valence-corrected chi connectivity index (χ0v) is 16.2. The Hall–Kier alpha value is -3.62. The maximum Gasteiger partial charge on any atom is 0.325 e. The molecule has 0 bridgehead atoms. The van der Waals surface area contributed by atoms with Crippen molar-refractivity contribution in [3.05, 3.63) is 59.4 Å². The van der Waals surface area contributed by atoms with Crippen molar-refractivity contribution in [1.29, 1.82) is 0 Å². The molecule has 1 atom stereocenters. The third kappa shape index (κ3) is 3.91. The number of urea groups is 1. The van der Waals surface area contributed by atoms with Gasteiger partial charge in [0.2, 0.25) is 12.7 Å². The summed E-state index contributed by atoms with van der Waals surface area (Å²) in [6.45, 7) is 1.53. The standard InChI is InChI=1S/C21H20FN3O5/c1-21(9-14-4-7-16-17(8-14)30-12-29-16)19(27)25(20(28)24-21)11-18(26)23-10-13-2-5-15(22)6-3-13/h2-8H,9-12H2,1H3,(H,23,26)(H,24,28). The normalized spacial score (nSPS) is 19.7. The number of carbonyl (C=O) groups is 3. The zero-order valence-electron chi connectivity index (χ0n) is 16.2. The van der Waals surface area contributed by atoms with Crippen LogP contribution in [0.5, 0.6) is 11.5 Å². The van der Waals surface area contributed by atoms with E-state index in [0.29, 0.717) is 17.1 Å². The minimum Gasteiger partial charge on any atom is -0.454 e. The van der Waals surface area contributed by atoms with Gasteiger partial charge in [0.05, 0.1) is 0 Å². The van der Waals surface area contributed by atoms with Crippen LogP contribution in [0.25, 0.3) is 0 Å².